The fourth-order valence-electron chi connectivity index (χ4n) is 5.05. The van der Waals surface area contributed by atoms with Crippen molar-refractivity contribution in [1.82, 2.24) is 5.32 Å². The third-order valence-electron chi connectivity index (χ3n) is 5.91. The zero-order valence-electron chi connectivity index (χ0n) is 11.3. The minimum Gasteiger partial charge on any atom is -0.313 e. The standard InChI is InChI=1S/C17H23N/c1-12-6-7-17-8-9-18-16(15(17)10-12)11-13-4-2-3-5-14(13)17/h2-5,12,15-16,18H,6-11H2,1H3/t12?,15-,16-,17+/m1/s1. The van der Waals surface area contributed by atoms with Gasteiger partial charge in [0.1, 0.15) is 0 Å². The lowest BCUT2D eigenvalue weighted by Crippen LogP contribution is -2.60. The molecule has 1 heterocycles. The van der Waals surface area contributed by atoms with Gasteiger partial charge in [0.05, 0.1) is 0 Å². The van der Waals surface area contributed by atoms with Crippen LogP contribution in [0, 0.1) is 11.8 Å². The molecule has 1 saturated carbocycles. The molecule has 1 unspecified atom stereocenters. The molecule has 3 aliphatic rings. The Morgan fingerprint density at radius 1 is 1.22 bits per heavy atom. The quantitative estimate of drug-likeness (QED) is 0.735. The molecule has 4 rings (SSSR count). The summed E-state index contributed by atoms with van der Waals surface area (Å²) < 4.78 is 0. The van der Waals surface area contributed by atoms with Crippen LogP contribution in [0.1, 0.15) is 43.7 Å². The van der Waals surface area contributed by atoms with Crippen LogP contribution in [0.5, 0.6) is 0 Å². The molecule has 2 fully saturated rings. The minimum absolute atomic E-state index is 0.525. The number of rotatable bonds is 0. The first-order chi connectivity index (χ1) is 8.79. The molecule has 1 aromatic rings. The van der Waals surface area contributed by atoms with Crippen molar-refractivity contribution in [3.8, 4) is 0 Å². The molecule has 4 atom stereocenters. The third-order valence-corrected chi connectivity index (χ3v) is 5.91. The Morgan fingerprint density at radius 2 is 2.11 bits per heavy atom. The van der Waals surface area contributed by atoms with E-state index in [-0.39, 0.29) is 0 Å². The second-order valence-electron chi connectivity index (χ2n) is 6.81. The normalized spacial score (nSPS) is 41.9. The average molecular weight is 241 g/mol. The van der Waals surface area contributed by atoms with E-state index in [2.05, 4.69) is 36.5 Å². The molecule has 1 saturated heterocycles. The molecular weight excluding hydrogens is 218 g/mol. The molecule has 1 aromatic carbocycles. The summed E-state index contributed by atoms with van der Waals surface area (Å²) in [6, 6.07) is 10.0. The molecule has 2 bridgehead atoms. The van der Waals surface area contributed by atoms with Gasteiger partial charge in [-0.3, -0.25) is 0 Å². The van der Waals surface area contributed by atoms with Crippen molar-refractivity contribution < 1.29 is 0 Å². The Labute approximate surface area is 110 Å². The van der Waals surface area contributed by atoms with Gasteiger partial charge in [-0.1, -0.05) is 31.2 Å². The second kappa shape index (κ2) is 3.84. The molecule has 1 aliphatic heterocycles. The minimum atomic E-state index is 0.525. The SMILES string of the molecule is CC1CC[C@]23CCN[C@H](Cc4ccccc42)[C@H]3C1. The lowest BCUT2D eigenvalue weighted by atomic mass is 9.51. The summed E-state index contributed by atoms with van der Waals surface area (Å²) in [5.41, 5.74) is 3.86. The highest BCUT2D eigenvalue weighted by Crippen LogP contribution is 2.54. The largest absolute Gasteiger partial charge is 0.313 e. The summed E-state index contributed by atoms with van der Waals surface area (Å²) in [6.45, 7) is 3.67. The molecule has 18 heavy (non-hydrogen) atoms. The van der Waals surface area contributed by atoms with E-state index in [1.807, 2.05) is 0 Å². The van der Waals surface area contributed by atoms with Crippen molar-refractivity contribution in [3.05, 3.63) is 35.4 Å². The Bertz CT molecular complexity index is 466. The number of hydrogen-bond acceptors (Lipinski definition) is 1. The van der Waals surface area contributed by atoms with Crippen molar-refractivity contribution in [3.63, 3.8) is 0 Å². The molecule has 96 valence electrons. The number of piperidine rings is 1. The number of fused-ring (bicyclic) bond motifs is 1. The molecule has 0 radical (unpaired) electrons. The zero-order chi connectivity index (χ0) is 12.2. The summed E-state index contributed by atoms with van der Waals surface area (Å²) in [6.07, 6.45) is 6.91. The van der Waals surface area contributed by atoms with Gasteiger partial charge in [0.25, 0.3) is 0 Å². The monoisotopic (exact) mass is 241 g/mol. The first-order valence-corrected chi connectivity index (χ1v) is 7.61. The summed E-state index contributed by atoms with van der Waals surface area (Å²) in [5, 5.41) is 3.81. The second-order valence-corrected chi connectivity index (χ2v) is 6.81. The lowest BCUT2D eigenvalue weighted by molar-refractivity contribution is 0.0569. The van der Waals surface area contributed by atoms with Crippen LogP contribution >= 0.6 is 0 Å². The van der Waals surface area contributed by atoms with Crippen LogP contribution in [0.2, 0.25) is 0 Å². The van der Waals surface area contributed by atoms with Crippen LogP contribution < -0.4 is 5.32 Å². The highest BCUT2D eigenvalue weighted by Gasteiger charge is 2.52. The van der Waals surface area contributed by atoms with Gasteiger partial charge in [0.15, 0.2) is 0 Å². The van der Waals surface area contributed by atoms with Crippen molar-refractivity contribution in [2.45, 2.75) is 50.5 Å². The van der Waals surface area contributed by atoms with E-state index in [1.54, 1.807) is 11.1 Å². The molecule has 1 heteroatoms. The zero-order valence-corrected chi connectivity index (χ0v) is 11.3. The highest BCUT2D eigenvalue weighted by molar-refractivity contribution is 5.41. The summed E-state index contributed by atoms with van der Waals surface area (Å²) in [7, 11) is 0. The summed E-state index contributed by atoms with van der Waals surface area (Å²) >= 11 is 0. The predicted molar refractivity (Wildman–Crippen MR) is 74.7 cm³/mol. The fraction of sp³-hybridized carbons (Fsp3) is 0.647. The topological polar surface area (TPSA) is 12.0 Å². The molecule has 1 nitrogen and oxygen atoms in total. The van der Waals surface area contributed by atoms with Gasteiger partial charge < -0.3 is 5.32 Å². The van der Waals surface area contributed by atoms with Gasteiger partial charge in [0.2, 0.25) is 0 Å². The van der Waals surface area contributed by atoms with Gasteiger partial charge in [-0.25, -0.2) is 0 Å². The Hall–Kier alpha value is -0.820. The third kappa shape index (κ3) is 1.37. The van der Waals surface area contributed by atoms with E-state index in [0.29, 0.717) is 5.41 Å². The molecule has 0 spiro atoms. The fourth-order valence-corrected chi connectivity index (χ4v) is 5.05. The van der Waals surface area contributed by atoms with Crippen LogP contribution in [0.4, 0.5) is 0 Å². The van der Waals surface area contributed by atoms with Gasteiger partial charge >= 0.3 is 0 Å². The molecule has 0 aromatic heterocycles. The molecule has 1 N–H and O–H groups in total. The van der Waals surface area contributed by atoms with E-state index in [0.717, 1.165) is 17.9 Å². The maximum absolute atomic E-state index is 3.81. The number of benzene rings is 1. The van der Waals surface area contributed by atoms with Crippen LogP contribution in [-0.4, -0.2) is 12.6 Å². The van der Waals surface area contributed by atoms with E-state index in [1.165, 1.54) is 38.6 Å². The Balaban J connectivity index is 1.87. The smallest absolute Gasteiger partial charge is 0.0144 e. The van der Waals surface area contributed by atoms with Gasteiger partial charge in [-0.2, -0.15) is 0 Å². The maximum atomic E-state index is 3.81. The predicted octanol–water partition coefficient (Wildman–Crippen LogP) is 3.28. The Morgan fingerprint density at radius 3 is 3.06 bits per heavy atom. The average Bonchev–Trinajstić information content (AvgIpc) is 2.39. The summed E-state index contributed by atoms with van der Waals surface area (Å²) in [5.74, 6) is 1.82. The van der Waals surface area contributed by atoms with Crippen LogP contribution in [0.3, 0.4) is 0 Å². The van der Waals surface area contributed by atoms with Crippen LogP contribution in [-0.2, 0) is 11.8 Å². The first kappa shape index (κ1) is 11.0. The molecule has 2 aliphatic carbocycles. The number of nitrogens with one attached hydrogen (secondary N) is 1. The number of hydrogen-bond donors (Lipinski definition) is 1. The van der Waals surface area contributed by atoms with Crippen molar-refractivity contribution in [2.24, 2.45) is 11.8 Å². The first-order valence-electron chi connectivity index (χ1n) is 7.61. The molecule has 0 amide bonds. The lowest BCUT2D eigenvalue weighted by Gasteiger charge is -2.57. The van der Waals surface area contributed by atoms with Crippen molar-refractivity contribution >= 4 is 0 Å². The maximum Gasteiger partial charge on any atom is 0.0144 e. The van der Waals surface area contributed by atoms with Gasteiger partial charge in [-0.05, 0) is 61.6 Å². The van der Waals surface area contributed by atoms with E-state index in [9.17, 15) is 0 Å². The van der Waals surface area contributed by atoms with E-state index >= 15 is 0 Å². The van der Waals surface area contributed by atoms with Gasteiger partial charge in [-0.15, -0.1) is 0 Å². The van der Waals surface area contributed by atoms with E-state index < -0.39 is 0 Å². The highest BCUT2D eigenvalue weighted by atomic mass is 15.0. The van der Waals surface area contributed by atoms with E-state index in [4.69, 9.17) is 0 Å². The Kier molecular flexibility index (Phi) is 2.35. The summed E-state index contributed by atoms with van der Waals surface area (Å²) in [4.78, 5) is 0. The van der Waals surface area contributed by atoms with Gasteiger partial charge in [0, 0.05) is 11.5 Å². The van der Waals surface area contributed by atoms with Crippen molar-refractivity contribution in [2.75, 3.05) is 6.54 Å². The van der Waals surface area contributed by atoms with Crippen molar-refractivity contribution in [1.29, 1.82) is 0 Å². The molecular formula is C17H23N. The van der Waals surface area contributed by atoms with Crippen LogP contribution in [0.25, 0.3) is 0 Å². The van der Waals surface area contributed by atoms with Crippen LogP contribution in [0.15, 0.2) is 24.3 Å².